The third-order valence-electron chi connectivity index (χ3n) is 4.29. The summed E-state index contributed by atoms with van der Waals surface area (Å²) in [5, 5.41) is 14.8. The van der Waals surface area contributed by atoms with Gasteiger partial charge in [-0.1, -0.05) is 46.7 Å². The Labute approximate surface area is 194 Å². The highest BCUT2D eigenvalue weighted by atomic mass is 35.5. The van der Waals surface area contributed by atoms with E-state index in [9.17, 15) is 18.0 Å². The van der Waals surface area contributed by atoms with Crippen molar-refractivity contribution in [2.24, 2.45) is 0 Å². The molecule has 4 aromatic rings. The van der Waals surface area contributed by atoms with Gasteiger partial charge in [-0.05, 0) is 37.3 Å². The number of carbonyl (C=O) groups excluding carboxylic acids is 1. The van der Waals surface area contributed by atoms with Crippen molar-refractivity contribution in [1.29, 1.82) is 0 Å². The van der Waals surface area contributed by atoms with Gasteiger partial charge in [-0.2, -0.15) is 18.2 Å². The number of hydrogen-bond donors (Lipinski definition) is 1. The number of nitrogens with one attached hydrogen (secondary N) is 1. The smallest absolute Gasteiger partial charge is 0.315 e. The van der Waals surface area contributed by atoms with Crippen molar-refractivity contribution in [3.63, 3.8) is 0 Å². The quantitative estimate of drug-likeness (QED) is 0.375. The van der Waals surface area contributed by atoms with E-state index in [1.165, 1.54) is 16.7 Å². The highest BCUT2D eigenvalue weighted by Crippen LogP contribution is 2.35. The molecule has 0 spiro atoms. The van der Waals surface area contributed by atoms with Crippen molar-refractivity contribution >= 4 is 35.3 Å². The normalized spacial score (nSPS) is 11.5. The molecule has 0 aliphatic carbocycles. The van der Waals surface area contributed by atoms with Gasteiger partial charge in [0.1, 0.15) is 0 Å². The highest BCUT2D eigenvalue weighted by Gasteiger charge is 2.31. The van der Waals surface area contributed by atoms with E-state index in [1.54, 1.807) is 31.2 Å². The van der Waals surface area contributed by atoms with Crippen molar-refractivity contribution in [1.82, 2.24) is 24.9 Å². The number of aromatic nitrogens is 5. The van der Waals surface area contributed by atoms with Crippen LogP contribution in [0.3, 0.4) is 0 Å². The van der Waals surface area contributed by atoms with E-state index in [4.69, 9.17) is 16.1 Å². The number of anilines is 1. The highest BCUT2D eigenvalue weighted by molar-refractivity contribution is 7.99. The van der Waals surface area contributed by atoms with Crippen molar-refractivity contribution in [2.45, 2.75) is 18.3 Å². The molecule has 0 aliphatic heterocycles. The van der Waals surface area contributed by atoms with E-state index in [1.807, 2.05) is 0 Å². The van der Waals surface area contributed by atoms with Gasteiger partial charge in [0.15, 0.2) is 16.8 Å². The first kappa shape index (κ1) is 22.8. The minimum absolute atomic E-state index is 0.0609. The second-order valence-corrected chi connectivity index (χ2v) is 8.00. The Morgan fingerprint density at radius 3 is 2.67 bits per heavy atom. The van der Waals surface area contributed by atoms with Gasteiger partial charge in [0.25, 0.3) is 0 Å². The lowest BCUT2D eigenvalue weighted by Crippen LogP contribution is -2.15. The summed E-state index contributed by atoms with van der Waals surface area (Å²) in [6.45, 7) is 1.60. The van der Waals surface area contributed by atoms with E-state index in [0.29, 0.717) is 16.4 Å². The number of thioether (sulfide) groups is 1. The number of alkyl halides is 3. The fourth-order valence-electron chi connectivity index (χ4n) is 2.87. The van der Waals surface area contributed by atoms with E-state index in [0.717, 1.165) is 23.9 Å². The monoisotopic (exact) mass is 494 g/mol. The molecule has 4 rings (SSSR count). The summed E-state index contributed by atoms with van der Waals surface area (Å²) < 4.78 is 46.2. The van der Waals surface area contributed by atoms with Crippen LogP contribution in [0.5, 0.6) is 0 Å². The maximum absolute atomic E-state index is 13.3. The maximum Gasteiger partial charge on any atom is 0.416 e. The van der Waals surface area contributed by atoms with Crippen LogP contribution in [0.4, 0.5) is 19.2 Å². The van der Waals surface area contributed by atoms with Crippen LogP contribution in [0.25, 0.3) is 17.1 Å². The zero-order valence-electron chi connectivity index (χ0n) is 16.8. The fraction of sp³-hybridized carbons (Fsp3) is 0.150. The van der Waals surface area contributed by atoms with E-state index in [-0.39, 0.29) is 28.4 Å². The Balaban J connectivity index is 1.69. The fourth-order valence-corrected chi connectivity index (χ4v) is 3.84. The van der Waals surface area contributed by atoms with Crippen LogP contribution in [0.2, 0.25) is 5.02 Å². The number of halogens is 4. The van der Waals surface area contributed by atoms with Gasteiger partial charge in [0.2, 0.25) is 5.91 Å². The summed E-state index contributed by atoms with van der Waals surface area (Å²) in [6, 6.07) is 11.4. The maximum atomic E-state index is 13.3. The number of aryl methyl sites for hydroxylation is 1. The Hall–Kier alpha value is -3.38. The van der Waals surface area contributed by atoms with Crippen LogP contribution >= 0.6 is 23.4 Å². The summed E-state index contributed by atoms with van der Waals surface area (Å²) in [5.41, 5.74) is -0.193. The predicted octanol–water partition coefficient (Wildman–Crippen LogP) is 5.03. The van der Waals surface area contributed by atoms with Crippen molar-refractivity contribution in [3.05, 3.63) is 64.9 Å². The number of hydrogen-bond acceptors (Lipinski definition) is 7. The average Bonchev–Trinajstić information content (AvgIpc) is 3.38. The lowest BCUT2D eigenvalue weighted by Gasteiger charge is -2.13. The first-order chi connectivity index (χ1) is 15.7. The van der Waals surface area contributed by atoms with E-state index in [2.05, 4.69) is 25.7 Å². The lowest BCUT2D eigenvalue weighted by atomic mass is 10.1. The molecule has 0 saturated carbocycles. The lowest BCUT2D eigenvalue weighted by molar-refractivity contribution is -0.137. The summed E-state index contributed by atoms with van der Waals surface area (Å²) in [4.78, 5) is 16.2. The minimum atomic E-state index is -4.54. The number of benzene rings is 2. The molecule has 0 radical (unpaired) electrons. The van der Waals surface area contributed by atoms with Gasteiger partial charge < -0.3 is 4.52 Å². The number of carbonyl (C=O) groups is 1. The Bertz CT molecular complexity index is 1310. The second-order valence-electron chi connectivity index (χ2n) is 6.65. The molecular formula is C20H14ClF3N6O2S. The molecule has 0 aliphatic rings. The van der Waals surface area contributed by atoms with Crippen LogP contribution in [-0.4, -0.2) is 36.6 Å². The number of rotatable bonds is 6. The first-order valence-electron chi connectivity index (χ1n) is 9.33. The van der Waals surface area contributed by atoms with Crippen LogP contribution in [0, 0.1) is 6.92 Å². The molecule has 0 unspecified atom stereocenters. The van der Waals surface area contributed by atoms with Crippen LogP contribution in [-0.2, 0) is 11.0 Å². The third-order valence-corrected chi connectivity index (χ3v) is 5.54. The van der Waals surface area contributed by atoms with Crippen LogP contribution < -0.4 is 5.32 Å². The summed E-state index contributed by atoms with van der Waals surface area (Å²) >= 11 is 7.27. The molecule has 0 atom stereocenters. The largest absolute Gasteiger partial charge is 0.416 e. The standard InChI is InChI=1S/C20H14ClF3N6O2S/c1-11-25-18(32-29-11)26-16(31)10-33-19-28-27-17(14-7-2-3-8-15(14)21)30(19)13-6-4-5-12(9-13)20(22,23)24/h2-9H,10H2,1H3,(H,25,26,29,31). The molecule has 2 aromatic heterocycles. The van der Waals surface area contributed by atoms with Gasteiger partial charge in [0.05, 0.1) is 22.0 Å². The van der Waals surface area contributed by atoms with Gasteiger partial charge in [-0.15, -0.1) is 10.2 Å². The van der Waals surface area contributed by atoms with Crippen LogP contribution in [0.15, 0.2) is 58.2 Å². The molecule has 0 bridgehead atoms. The van der Waals surface area contributed by atoms with Gasteiger partial charge >= 0.3 is 12.2 Å². The Morgan fingerprint density at radius 2 is 1.97 bits per heavy atom. The molecule has 8 nitrogen and oxygen atoms in total. The van der Waals surface area contributed by atoms with Crippen molar-refractivity contribution < 1.29 is 22.5 Å². The number of nitrogens with zero attached hydrogens (tertiary/aromatic N) is 5. The molecule has 170 valence electrons. The SMILES string of the molecule is Cc1noc(NC(=O)CSc2nnc(-c3ccccc3Cl)n2-c2cccc(C(F)(F)F)c2)n1. The topological polar surface area (TPSA) is 98.7 Å². The molecule has 2 aromatic carbocycles. The molecule has 0 saturated heterocycles. The third kappa shape index (κ3) is 5.17. The first-order valence-corrected chi connectivity index (χ1v) is 10.7. The van der Waals surface area contributed by atoms with Gasteiger partial charge in [0, 0.05) is 5.56 Å². The van der Waals surface area contributed by atoms with Gasteiger partial charge in [-0.25, -0.2) is 0 Å². The molecule has 0 fully saturated rings. The minimum Gasteiger partial charge on any atom is -0.315 e. The summed E-state index contributed by atoms with van der Waals surface area (Å²) in [7, 11) is 0. The van der Waals surface area contributed by atoms with E-state index >= 15 is 0 Å². The van der Waals surface area contributed by atoms with Crippen molar-refractivity contribution in [3.8, 4) is 17.1 Å². The zero-order chi connectivity index (χ0) is 23.6. The van der Waals surface area contributed by atoms with E-state index < -0.39 is 17.6 Å². The van der Waals surface area contributed by atoms with Crippen LogP contribution in [0.1, 0.15) is 11.4 Å². The molecule has 2 heterocycles. The molecule has 1 amide bonds. The summed E-state index contributed by atoms with van der Waals surface area (Å²) in [5.74, 6) is -0.0235. The average molecular weight is 495 g/mol. The molecule has 13 heteroatoms. The number of amides is 1. The molecular weight excluding hydrogens is 481 g/mol. The molecule has 1 N–H and O–H groups in total. The summed E-state index contributed by atoms with van der Waals surface area (Å²) in [6.07, 6.45) is -4.54. The molecule has 33 heavy (non-hydrogen) atoms. The van der Waals surface area contributed by atoms with Crippen molar-refractivity contribution in [2.75, 3.05) is 11.1 Å². The second kappa shape index (κ2) is 9.24. The zero-order valence-corrected chi connectivity index (χ0v) is 18.4. The Morgan fingerprint density at radius 1 is 1.18 bits per heavy atom. The van der Waals surface area contributed by atoms with Gasteiger partial charge in [-0.3, -0.25) is 14.7 Å². The Kier molecular flexibility index (Phi) is 6.38. The predicted molar refractivity (Wildman–Crippen MR) is 115 cm³/mol.